The first kappa shape index (κ1) is 21.4. The lowest BCUT2D eigenvalue weighted by atomic mass is 10.2. The molecular formula is C16H31IN4O3. The van der Waals surface area contributed by atoms with E-state index in [0.717, 1.165) is 51.8 Å². The molecule has 1 N–H and O–H groups in total. The number of aliphatic imine (C=N–C) groups is 1. The summed E-state index contributed by atoms with van der Waals surface area (Å²) >= 11 is 0. The molecule has 0 radical (unpaired) electrons. The summed E-state index contributed by atoms with van der Waals surface area (Å²) in [5.74, 6) is 0.509. The first-order valence-corrected chi connectivity index (χ1v) is 8.38. The van der Waals surface area contributed by atoms with Crippen molar-refractivity contribution in [2.24, 2.45) is 4.99 Å². The zero-order valence-corrected chi connectivity index (χ0v) is 17.5. The Hall–Kier alpha value is -0.610. The predicted molar refractivity (Wildman–Crippen MR) is 105 cm³/mol. The van der Waals surface area contributed by atoms with E-state index in [1.165, 1.54) is 0 Å². The van der Waals surface area contributed by atoms with E-state index in [0.29, 0.717) is 6.04 Å². The van der Waals surface area contributed by atoms with E-state index in [4.69, 9.17) is 9.47 Å². The minimum atomic E-state index is -0.461. The van der Waals surface area contributed by atoms with Gasteiger partial charge in [-0.25, -0.2) is 0 Å². The molecule has 140 valence electrons. The maximum Gasteiger partial charge on any atom is 0.325 e. The largest absolute Gasteiger partial charge is 0.459 e. The van der Waals surface area contributed by atoms with E-state index in [2.05, 4.69) is 20.1 Å². The molecule has 0 bridgehead atoms. The summed E-state index contributed by atoms with van der Waals surface area (Å²) in [4.78, 5) is 20.8. The van der Waals surface area contributed by atoms with Crippen LogP contribution in [0.1, 0.15) is 27.2 Å². The zero-order valence-electron chi connectivity index (χ0n) is 15.2. The lowest BCUT2D eigenvalue weighted by Crippen LogP contribution is -2.47. The average molecular weight is 454 g/mol. The van der Waals surface area contributed by atoms with Gasteiger partial charge in [-0.3, -0.25) is 14.7 Å². The van der Waals surface area contributed by atoms with E-state index in [-0.39, 0.29) is 36.5 Å². The van der Waals surface area contributed by atoms with Gasteiger partial charge < -0.3 is 19.7 Å². The molecule has 0 aromatic carbocycles. The smallest absolute Gasteiger partial charge is 0.325 e. The second kappa shape index (κ2) is 9.76. The second-order valence-corrected chi connectivity index (χ2v) is 7.02. The van der Waals surface area contributed by atoms with Crippen LogP contribution in [0.5, 0.6) is 0 Å². The van der Waals surface area contributed by atoms with E-state index < -0.39 is 5.60 Å². The number of nitrogens with zero attached hydrogens (tertiary/aromatic N) is 3. The number of nitrogens with one attached hydrogen (secondary N) is 1. The maximum absolute atomic E-state index is 11.8. The van der Waals surface area contributed by atoms with Crippen molar-refractivity contribution in [3.63, 3.8) is 0 Å². The van der Waals surface area contributed by atoms with Gasteiger partial charge in [-0.05, 0) is 27.2 Å². The van der Waals surface area contributed by atoms with Gasteiger partial charge in [0.15, 0.2) is 5.96 Å². The number of morpholine rings is 1. The van der Waals surface area contributed by atoms with Gasteiger partial charge in [0.05, 0.1) is 13.2 Å². The van der Waals surface area contributed by atoms with Gasteiger partial charge in [0.2, 0.25) is 0 Å². The van der Waals surface area contributed by atoms with Crippen molar-refractivity contribution in [1.29, 1.82) is 0 Å². The van der Waals surface area contributed by atoms with Crippen molar-refractivity contribution in [1.82, 2.24) is 15.1 Å². The minimum absolute atomic E-state index is 0. The molecule has 2 aliphatic rings. The molecule has 2 saturated heterocycles. The summed E-state index contributed by atoms with van der Waals surface area (Å²) in [6.45, 7) is 11.3. The number of hydrogen-bond acceptors (Lipinski definition) is 5. The van der Waals surface area contributed by atoms with Gasteiger partial charge in [0.1, 0.15) is 12.1 Å². The summed E-state index contributed by atoms with van der Waals surface area (Å²) < 4.78 is 10.7. The van der Waals surface area contributed by atoms with Gasteiger partial charge in [-0.2, -0.15) is 0 Å². The van der Waals surface area contributed by atoms with Gasteiger partial charge in [-0.1, -0.05) is 0 Å². The van der Waals surface area contributed by atoms with Crippen LogP contribution in [-0.4, -0.2) is 86.4 Å². The van der Waals surface area contributed by atoms with Crippen molar-refractivity contribution in [2.45, 2.75) is 38.8 Å². The van der Waals surface area contributed by atoms with Crippen LogP contribution in [0.2, 0.25) is 0 Å². The standard InChI is InChI=1S/C16H30N4O3.HI/c1-16(2,3)23-14(21)11-18-15(17-4)20-6-5-13(12-20)19-7-9-22-10-8-19;/h13H,5-12H2,1-4H3,(H,17,18);1H. The zero-order chi connectivity index (χ0) is 16.9. The third kappa shape index (κ3) is 6.72. The third-order valence-electron chi connectivity index (χ3n) is 4.05. The van der Waals surface area contributed by atoms with Crippen molar-refractivity contribution in [2.75, 3.05) is 53.0 Å². The highest BCUT2D eigenvalue weighted by atomic mass is 127. The molecule has 0 spiro atoms. The van der Waals surface area contributed by atoms with E-state index in [1.807, 2.05) is 20.8 Å². The first-order chi connectivity index (χ1) is 10.9. The fourth-order valence-corrected chi connectivity index (χ4v) is 3.04. The maximum atomic E-state index is 11.8. The number of likely N-dealkylation sites (tertiary alicyclic amines) is 1. The van der Waals surface area contributed by atoms with E-state index in [1.54, 1.807) is 7.05 Å². The lowest BCUT2D eigenvalue weighted by Gasteiger charge is -2.32. The van der Waals surface area contributed by atoms with Crippen LogP contribution < -0.4 is 5.32 Å². The Morgan fingerprint density at radius 1 is 1.29 bits per heavy atom. The minimum Gasteiger partial charge on any atom is -0.459 e. The van der Waals surface area contributed by atoms with Crippen LogP contribution in [0.4, 0.5) is 0 Å². The quantitative estimate of drug-likeness (QED) is 0.296. The van der Waals surface area contributed by atoms with E-state index >= 15 is 0 Å². The molecule has 0 aliphatic carbocycles. The highest BCUT2D eigenvalue weighted by Gasteiger charge is 2.30. The highest BCUT2D eigenvalue weighted by Crippen LogP contribution is 2.17. The van der Waals surface area contributed by atoms with Crippen LogP contribution in [0, 0.1) is 0 Å². The lowest BCUT2D eigenvalue weighted by molar-refractivity contribution is -0.153. The molecule has 0 saturated carbocycles. The second-order valence-electron chi connectivity index (χ2n) is 7.02. The molecule has 1 atom stereocenters. The topological polar surface area (TPSA) is 66.4 Å². The summed E-state index contributed by atoms with van der Waals surface area (Å²) in [7, 11) is 1.75. The fraction of sp³-hybridized carbons (Fsp3) is 0.875. The Bertz CT molecular complexity index is 434. The number of carbonyl (C=O) groups excluding carboxylic acids is 1. The van der Waals surface area contributed by atoms with Gasteiger partial charge in [0, 0.05) is 39.3 Å². The first-order valence-electron chi connectivity index (χ1n) is 8.38. The molecule has 0 aromatic heterocycles. The average Bonchev–Trinajstić information content (AvgIpc) is 2.97. The molecule has 0 amide bonds. The number of ether oxygens (including phenoxy) is 2. The monoisotopic (exact) mass is 454 g/mol. The van der Waals surface area contributed by atoms with Gasteiger partial charge >= 0.3 is 5.97 Å². The molecule has 1 unspecified atom stereocenters. The highest BCUT2D eigenvalue weighted by molar-refractivity contribution is 14.0. The van der Waals surface area contributed by atoms with Crippen LogP contribution in [0.25, 0.3) is 0 Å². The molecular weight excluding hydrogens is 423 g/mol. The number of hydrogen-bond donors (Lipinski definition) is 1. The summed E-state index contributed by atoms with van der Waals surface area (Å²) in [6, 6.07) is 0.541. The van der Waals surface area contributed by atoms with Crippen molar-refractivity contribution < 1.29 is 14.3 Å². The van der Waals surface area contributed by atoms with Crippen molar-refractivity contribution in [3.05, 3.63) is 0 Å². The SMILES string of the molecule is CN=C(NCC(=O)OC(C)(C)C)N1CCC(N2CCOCC2)C1.I. The summed E-state index contributed by atoms with van der Waals surface area (Å²) in [5.41, 5.74) is -0.461. The fourth-order valence-electron chi connectivity index (χ4n) is 3.04. The predicted octanol–water partition coefficient (Wildman–Crippen LogP) is 0.928. The molecule has 2 rings (SSSR count). The summed E-state index contributed by atoms with van der Waals surface area (Å²) in [5, 5.41) is 3.12. The molecule has 2 aliphatic heterocycles. The number of esters is 1. The van der Waals surface area contributed by atoms with Crippen molar-refractivity contribution in [3.8, 4) is 0 Å². The Labute approximate surface area is 162 Å². The van der Waals surface area contributed by atoms with Crippen LogP contribution in [-0.2, 0) is 14.3 Å². The number of guanidine groups is 1. The Morgan fingerprint density at radius 3 is 2.54 bits per heavy atom. The molecule has 0 aromatic rings. The van der Waals surface area contributed by atoms with E-state index in [9.17, 15) is 4.79 Å². The molecule has 24 heavy (non-hydrogen) atoms. The number of carbonyl (C=O) groups is 1. The Morgan fingerprint density at radius 2 is 1.96 bits per heavy atom. The van der Waals surface area contributed by atoms with Crippen LogP contribution >= 0.6 is 24.0 Å². The van der Waals surface area contributed by atoms with Crippen LogP contribution in [0.15, 0.2) is 4.99 Å². The van der Waals surface area contributed by atoms with Crippen molar-refractivity contribution >= 4 is 35.9 Å². The molecule has 2 fully saturated rings. The van der Waals surface area contributed by atoms with Gasteiger partial charge in [0.25, 0.3) is 0 Å². The Kier molecular flexibility index (Phi) is 8.72. The number of rotatable bonds is 3. The van der Waals surface area contributed by atoms with Gasteiger partial charge in [-0.15, -0.1) is 24.0 Å². The third-order valence-corrected chi connectivity index (χ3v) is 4.05. The molecule has 7 nitrogen and oxygen atoms in total. The van der Waals surface area contributed by atoms with Crippen LogP contribution in [0.3, 0.4) is 0 Å². The molecule has 2 heterocycles. The summed E-state index contributed by atoms with van der Waals surface area (Å²) in [6.07, 6.45) is 1.12. The Balaban J connectivity index is 0.00000288. The molecule has 8 heteroatoms. The normalized spacial score (nSPS) is 22.9. The number of halogens is 1.